The Kier molecular flexibility index (Phi) is 7.25. The van der Waals surface area contributed by atoms with Crippen molar-refractivity contribution in [1.82, 2.24) is 19.5 Å². The number of imidazole rings is 1. The van der Waals surface area contributed by atoms with E-state index in [4.69, 9.17) is 15.4 Å². The number of nitrogen functional groups attached to an aromatic ring is 1. The molecule has 31 heavy (non-hydrogen) atoms. The van der Waals surface area contributed by atoms with Crippen LogP contribution < -0.4 is 5.73 Å². The number of rotatable bonds is 9. The molecule has 3 heterocycles. The average molecular weight is 523 g/mol. The minimum Gasteiger partial charge on any atom is -0.390 e. The number of fused-ring (bicyclic) bond motifs is 1. The van der Waals surface area contributed by atoms with Crippen LogP contribution in [0.15, 0.2) is 12.7 Å². The van der Waals surface area contributed by atoms with Crippen molar-refractivity contribution >= 4 is 53.4 Å². The second kappa shape index (κ2) is 9.11. The lowest BCUT2D eigenvalue weighted by Gasteiger charge is -2.19. The normalized spacial score (nSPS) is 27.6. The number of phosphoric acid groups is 3. The molecular weight excluding hydrogens is 507 g/mol. The molecule has 0 amide bonds. The highest BCUT2D eigenvalue weighted by molar-refractivity contribution is 7.81. The minimum atomic E-state index is -5.58. The van der Waals surface area contributed by atoms with Crippen LogP contribution >= 0.6 is 36.4 Å². The molecule has 2 aromatic heterocycles. The first-order valence-corrected chi connectivity index (χ1v) is 12.8. The summed E-state index contributed by atoms with van der Waals surface area (Å²) in [6, 6.07) is 0. The van der Waals surface area contributed by atoms with E-state index < -0.39 is 48.5 Å². The van der Waals surface area contributed by atoms with E-state index in [0.717, 1.165) is 0 Å². The van der Waals surface area contributed by atoms with Crippen LogP contribution in [0.2, 0.25) is 0 Å². The molecule has 17 nitrogen and oxygen atoms in total. The number of hydrogen-bond donors (Lipinski definition) is 6. The molecule has 0 spiro atoms. The minimum absolute atomic E-state index is 0.00850. The molecule has 1 aliphatic heterocycles. The highest BCUT2D eigenvalue weighted by atomic mass is 32.1. The third kappa shape index (κ3) is 6.09. The largest absolute Gasteiger partial charge is 0.492 e. The molecule has 0 saturated carbocycles. The molecule has 3 unspecified atom stereocenters. The molecule has 1 aliphatic rings. The van der Waals surface area contributed by atoms with Crippen LogP contribution in [0, 0.1) is 0 Å². The fraction of sp³-hybridized carbons (Fsp3) is 0.500. The third-order valence-corrected chi connectivity index (χ3v) is 8.42. The Morgan fingerprint density at radius 3 is 2.52 bits per heavy atom. The second-order valence-corrected chi connectivity index (χ2v) is 11.0. The SMILES string of the molecule is Nc1ncnc2c1ncn2[C@H]1C[C@H](O)[C@@H](COP(=O)(O)OP(=O)(O)OP(=O)(O)OS)O1. The summed E-state index contributed by atoms with van der Waals surface area (Å²) in [6.07, 6.45) is -0.591. The van der Waals surface area contributed by atoms with Gasteiger partial charge in [-0.05, 0) is 12.9 Å². The maximum Gasteiger partial charge on any atom is 0.492 e. The Morgan fingerprint density at radius 2 is 1.84 bits per heavy atom. The summed E-state index contributed by atoms with van der Waals surface area (Å²) in [6.45, 7) is -0.769. The summed E-state index contributed by atoms with van der Waals surface area (Å²) < 4.78 is 57.3. The molecule has 0 aliphatic carbocycles. The Balaban J connectivity index is 1.63. The van der Waals surface area contributed by atoms with E-state index in [9.17, 15) is 28.6 Å². The molecule has 1 saturated heterocycles. The summed E-state index contributed by atoms with van der Waals surface area (Å²) >= 11 is 2.94. The first-order chi connectivity index (χ1) is 14.3. The van der Waals surface area contributed by atoms with Crippen molar-refractivity contribution in [2.45, 2.75) is 24.9 Å². The molecule has 0 radical (unpaired) electrons. The van der Waals surface area contributed by atoms with E-state index in [1.54, 1.807) is 0 Å². The molecule has 0 bridgehead atoms. The Hall–Kier alpha value is -0.970. The first kappa shape index (κ1) is 24.7. The van der Waals surface area contributed by atoms with Crippen molar-refractivity contribution in [1.29, 1.82) is 0 Å². The van der Waals surface area contributed by atoms with Crippen LogP contribution in [0.5, 0.6) is 0 Å². The van der Waals surface area contributed by atoms with Gasteiger partial charge in [0.1, 0.15) is 24.2 Å². The quantitative estimate of drug-likeness (QED) is 0.147. The van der Waals surface area contributed by atoms with Gasteiger partial charge in [-0.15, -0.1) is 0 Å². The average Bonchev–Trinajstić information content (AvgIpc) is 3.22. The predicted octanol–water partition coefficient (Wildman–Crippen LogP) is 0.269. The Morgan fingerprint density at radius 1 is 1.16 bits per heavy atom. The van der Waals surface area contributed by atoms with Crippen molar-refractivity contribution in [3.8, 4) is 0 Å². The standard InChI is InChI=1S/C10H16N5O12P3S/c11-9-8-10(13-3-12-9)15(4-14-8)7-1-5(16)6(24-7)2-23-28(17,18)25-29(19,20)26-30(21,22)27-31/h3-7,16,31H,1-2H2,(H,17,18)(H,19,20)(H,21,22)(H2,11,12,13)/t5-,6+,7+/m0/s1. The number of nitrogens with zero attached hydrogens (tertiary/aromatic N) is 4. The van der Waals surface area contributed by atoms with Crippen molar-refractivity contribution in [2.24, 2.45) is 0 Å². The van der Waals surface area contributed by atoms with E-state index in [-0.39, 0.29) is 12.2 Å². The van der Waals surface area contributed by atoms with E-state index in [0.29, 0.717) is 11.2 Å². The van der Waals surface area contributed by atoms with Gasteiger partial charge in [0.15, 0.2) is 11.5 Å². The molecule has 2 aromatic rings. The van der Waals surface area contributed by atoms with Gasteiger partial charge in [-0.2, -0.15) is 8.62 Å². The van der Waals surface area contributed by atoms with Gasteiger partial charge < -0.3 is 30.3 Å². The maximum atomic E-state index is 11.9. The molecule has 6 N–H and O–H groups in total. The monoisotopic (exact) mass is 523 g/mol. The highest BCUT2D eigenvalue weighted by Crippen LogP contribution is 2.68. The van der Waals surface area contributed by atoms with E-state index in [2.05, 4.69) is 45.0 Å². The van der Waals surface area contributed by atoms with Gasteiger partial charge in [0.2, 0.25) is 0 Å². The molecule has 174 valence electrons. The molecular formula is C10H16N5O12P3S. The first-order valence-electron chi connectivity index (χ1n) is 7.98. The van der Waals surface area contributed by atoms with Crippen LogP contribution in [0.4, 0.5) is 5.82 Å². The summed E-state index contributed by atoms with van der Waals surface area (Å²) in [5.74, 6) is 0.131. The lowest BCUT2D eigenvalue weighted by Crippen LogP contribution is -2.26. The summed E-state index contributed by atoms with van der Waals surface area (Å²) in [5, 5.41) is 10.2. The van der Waals surface area contributed by atoms with Gasteiger partial charge in [0.05, 0.1) is 19.0 Å². The number of hydrogen-bond acceptors (Lipinski definition) is 14. The van der Waals surface area contributed by atoms with Crippen molar-refractivity contribution in [2.75, 3.05) is 12.3 Å². The van der Waals surface area contributed by atoms with Gasteiger partial charge in [-0.3, -0.25) is 9.09 Å². The van der Waals surface area contributed by atoms with Gasteiger partial charge in [-0.25, -0.2) is 32.6 Å². The van der Waals surface area contributed by atoms with Gasteiger partial charge in [0, 0.05) is 6.42 Å². The lowest BCUT2D eigenvalue weighted by atomic mass is 10.2. The number of aliphatic hydroxyl groups excluding tert-OH is 1. The number of thiol groups is 1. The smallest absolute Gasteiger partial charge is 0.390 e. The van der Waals surface area contributed by atoms with Crippen molar-refractivity contribution < 1.29 is 55.3 Å². The van der Waals surface area contributed by atoms with E-state index >= 15 is 0 Å². The molecule has 0 aromatic carbocycles. The number of aliphatic hydroxyl groups is 1. The zero-order chi connectivity index (χ0) is 23.0. The number of nitrogens with two attached hydrogens (primary N) is 1. The fourth-order valence-electron chi connectivity index (χ4n) is 2.60. The van der Waals surface area contributed by atoms with Crippen molar-refractivity contribution in [3.63, 3.8) is 0 Å². The maximum absolute atomic E-state index is 11.9. The molecule has 3 rings (SSSR count). The second-order valence-electron chi connectivity index (χ2n) is 5.96. The van der Waals surface area contributed by atoms with Crippen LogP contribution in [0.1, 0.15) is 12.6 Å². The van der Waals surface area contributed by atoms with Crippen LogP contribution in [-0.4, -0.2) is 58.1 Å². The molecule has 6 atom stereocenters. The third-order valence-electron chi connectivity index (χ3n) is 3.82. The highest BCUT2D eigenvalue weighted by Gasteiger charge is 2.43. The zero-order valence-electron chi connectivity index (χ0n) is 15.0. The predicted molar refractivity (Wildman–Crippen MR) is 102 cm³/mol. The number of anilines is 1. The van der Waals surface area contributed by atoms with Crippen LogP contribution in [0.3, 0.4) is 0 Å². The Labute approximate surface area is 178 Å². The van der Waals surface area contributed by atoms with Gasteiger partial charge in [0.25, 0.3) is 0 Å². The van der Waals surface area contributed by atoms with Crippen LogP contribution in [0.25, 0.3) is 11.2 Å². The number of aromatic nitrogens is 4. The van der Waals surface area contributed by atoms with Crippen molar-refractivity contribution in [3.05, 3.63) is 12.7 Å². The zero-order valence-corrected chi connectivity index (χ0v) is 18.6. The van der Waals surface area contributed by atoms with Crippen LogP contribution in [-0.2, 0) is 35.5 Å². The van der Waals surface area contributed by atoms with E-state index in [1.807, 2.05) is 0 Å². The Bertz CT molecular complexity index is 1100. The number of phosphoric ester groups is 1. The summed E-state index contributed by atoms with van der Waals surface area (Å²) in [7, 11) is -16.0. The number of ether oxygens (including phenoxy) is 1. The molecule has 1 fully saturated rings. The molecule has 21 heteroatoms. The van der Waals surface area contributed by atoms with Gasteiger partial charge in [-0.1, -0.05) is 0 Å². The topological polar surface area (TPSA) is 248 Å². The fourth-order valence-corrected chi connectivity index (χ4v) is 5.98. The van der Waals surface area contributed by atoms with Gasteiger partial charge >= 0.3 is 23.5 Å². The summed E-state index contributed by atoms with van der Waals surface area (Å²) in [4.78, 5) is 39.7. The summed E-state index contributed by atoms with van der Waals surface area (Å²) in [5.41, 5.74) is 6.33. The lowest BCUT2D eigenvalue weighted by molar-refractivity contribution is -0.0423. The van der Waals surface area contributed by atoms with E-state index in [1.165, 1.54) is 17.2 Å².